The lowest BCUT2D eigenvalue weighted by atomic mass is 10.3. The second-order valence-electron chi connectivity index (χ2n) is 6.91. The predicted octanol–water partition coefficient (Wildman–Crippen LogP) is 5.18. The molecule has 2 N–H and O–H groups in total. The fourth-order valence-electron chi connectivity index (χ4n) is 2.92. The molecule has 2 aromatic carbocycles. The number of amides is 2. The summed E-state index contributed by atoms with van der Waals surface area (Å²) in [5.74, 6) is 0.654. The lowest BCUT2D eigenvalue weighted by molar-refractivity contribution is 0.262. The van der Waals surface area contributed by atoms with Crippen molar-refractivity contribution >= 4 is 44.5 Å². The van der Waals surface area contributed by atoms with Crippen molar-refractivity contribution in [3.05, 3.63) is 78.6 Å². The first-order valence-corrected chi connectivity index (χ1v) is 11.8. The zero-order valence-electron chi connectivity index (χ0n) is 17.3. The molecular weight excluding hydrogens is 448 g/mol. The van der Waals surface area contributed by atoms with Crippen molar-refractivity contribution in [3.8, 4) is 10.6 Å². The molecule has 4 rings (SSSR count). The lowest BCUT2D eigenvalue weighted by Gasteiger charge is -2.19. The van der Waals surface area contributed by atoms with E-state index in [-0.39, 0.29) is 10.2 Å². The molecule has 0 bridgehead atoms. The number of urea groups is 1. The number of anilines is 3. The van der Waals surface area contributed by atoms with E-state index < -0.39 is 10.0 Å². The van der Waals surface area contributed by atoms with Gasteiger partial charge >= 0.3 is 6.03 Å². The van der Waals surface area contributed by atoms with Crippen molar-refractivity contribution in [3.63, 3.8) is 0 Å². The number of aromatic nitrogens is 1. The van der Waals surface area contributed by atoms with Gasteiger partial charge in [0.15, 0.2) is 0 Å². The minimum Gasteiger partial charge on any atom is -0.361 e. The number of hydrogen-bond acceptors (Lipinski definition) is 6. The van der Waals surface area contributed by atoms with Gasteiger partial charge in [-0.1, -0.05) is 23.4 Å². The Balaban J connectivity index is 1.45. The van der Waals surface area contributed by atoms with E-state index in [1.807, 2.05) is 18.2 Å². The smallest absolute Gasteiger partial charge is 0.323 e. The van der Waals surface area contributed by atoms with Crippen LogP contribution in [0.25, 0.3) is 10.6 Å². The molecule has 0 spiro atoms. The van der Waals surface area contributed by atoms with Crippen molar-refractivity contribution in [2.45, 2.75) is 11.1 Å². The molecule has 4 aromatic rings. The van der Waals surface area contributed by atoms with E-state index in [0.29, 0.717) is 33.4 Å². The van der Waals surface area contributed by atoms with E-state index in [1.165, 1.54) is 11.4 Å². The Morgan fingerprint density at radius 3 is 2.25 bits per heavy atom. The number of benzene rings is 2. The highest BCUT2D eigenvalue weighted by atomic mass is 32.2. The third-order valence-electron chi connectivity index (χ3n) is 4.60. The van der Waals surface area contributed by atoms with Crippen molar-refractivity contribution < 1.29 is 17.7 Å². The van der Waals surface area contributed by atoms with Crippen LogP contribution in [0.1, 0.15) is 5.76 Å². The number of carbonyl (C=O) groups excluding carboxylic acids is 1. The lowest BCUT2D eigenvalue weighted by Crippen LogP contribution is -2.25. The van der Waals surface area contributed by atoms with Gasteiger partial charge in [-0.2, -0.15) is 0 Å². The molecule has 0 aliphatic carbocycles. The minimum absolute atomic E-state index is 0.195. The molecule has 2 aromatic heterocycles. The van der Waals surface area contributed by atoms with Crippen LogP contribution in [-0.4, -0.2) is 26.7 Å². The van der Waals surface area contributed by atoms with E-state index in [0.717, 1.165) is 11.3 Å². The standard InChI is InChI=1S/C22H20N4O4S2/c1-15-14-19(25-30-15)20-12-13-21(31-20)32(28,29)26(2)18-10-8-17(9-11-18)24-22(27)23-16-6-4-3-5-7-16/h3-14H,1-2H3,(H2,23,24,27). The zero-order chi connectivity index (χ0) is 22.7. The zero-order valence-corrected chi connectivity index (χ0v) is 18.9. The van der Waals surface area contributed by atoms with Gasteiger partial charge in [-0.3, -0.25) is 4.31 Å². The molecule has 0 radical (unpaired) electrons. The third kappa shape index (κ3) is 4.66. The third-order valence-corrected chi connectivity index (χ3v) is 7.96. The number of hydrogen-bond donors (Lipinski definition) is 2. The normalized spacial score (nSPS) is 11.2. The number of rotatable bonds is 6. The van der Waals surface area contributed by atoms with Crippen LogP contribution in [-0.2, 0) is 10.0 Å². The molecular formula is C22H20N4O4S2. The molecule has 0 atom stereocenters. The Hall–Kier alpha value is -3.63. The fourth-order valence-corrected chi connectivity index (χ4v) is 5.55. The van der Waals surface area contributed by atoms with Crippen molar-refractivity contribution in [1.82, 2.24) is 5.16 Å². The van der Waals surface area contributed by atoms with Crippen LogP contribution >= 0.6 is 11.3 Å². The number of para-hydroxylation sites is 1. The van der Waals surface area contributed by atoms with Crippen molar-refractivity contribution in [1.29, 1.82) is 0 Å². The molecule has 10 heteroatoms. The molecule has 0 unspecified atom stereocenters. The Morgan fingerprint density at radius 2 is 1.62 bits per heavy atom. The number of carbonyl (C=O) groups is 1. The largest absolute Gasteiger partial charge is 0.361 e. The van der Waals surface area contributed by atoms with Gasteiger partial charge in [0.25, 0.3) is 10.0 Å². The van der Waals surface area contributed by atoms with E-state index in [1.54, 1.807) is 61.5 Å². The maximum Gasteiger partial charge on any atom is 0.323 e. The highest BCUT2D eigenvalue weighted by molar-refractivity contribution is 7.94. The van der Waals surface area contributed by atoms with E-state index in [4.69, 9.17) is 4.52 Å². The van der Waals surface area contributed by atoms with Crippen molar-refractivity contribution in [2.24, 2.45) is 0 Å². The van der Waals surface area contributed by atoms with Gasteiger partial charge in [0.05, 0.1) is 10.6 Å². The molecule has 8 nitrogen and oxygen atoms in total. The van der Waals surface area contributed by atoms with E-state index in [2.05, 4.69) is 15.8 Å². The molecule has 0 aliphatic heterocycles. The number of nitrogens with one attached hydrogen (secondary N) is 2. The van der Waals surface area contributed by atoms with E-state index in [9.17, 15) is 13.2 Å². The van der Waals surface area contributed by atoms with Crippen LogP contribution in [0, 0.1) is 6.92 Å². The second-order valence-corrected chi connectivity index (χ2v) is 10.2. The summed E-state index contributed by atoms with van der Waals surface area (Å²) in [7, 11) is -2.27. The Kier molecular flexibility index (Phi) is 5.97. The summed E-state index contributed by atoms with van der Waals surface area (Å²) in [6, 6.07) is 20.2. The summed E-state index contributed by atoms with van der Waals surface area (Å²) in [6.07, 6.45) is 0. The molecule has 32 heavy (non-hydrogen) atoms. The summed E-state index contributed by atoms with van der Waals surface area (Å²) in [6.45, 7) is 1.78. The van der Waals surface area contributed by atoms with Crippen LogP contribution in [0.3, 0.4) is 0 Å². The number of thiophene rings is 1. The fraction of sp³-hybridized carbons (Fsp3) is 0.0909. The topological polar surface area (TPSA) is 105 Å². The van der Waals surface area contributed by atoms with Gasteiger partial charge in [-0.05, 0) is 55.5 Å². The van der Waals surface area contributed by atoms with Gasteiger partial charge < -0.3 is 15.2 Å². The van der Waals surface area contributed by atoms with Crippen LogP contribution in [0.4, 0.5) is 21.9 Å². The van der Waals surface area contributed by atoms with Crippen molar-refractivity contribution in [2.75, 3.05) is 22.0 Å². The molecule has 0 aliphatic rings. The minimum atomic E-state index is -3.76. The average Bonchev–Trinajstić information content (AvgIpc) is 3.44. The average molecular weight is 469 g/mol. The molecule has 0 saturated heterocycles. The highest BCUT2D eigenvalue weighted by Gasteiger charge is 2.24. The molecule has 164 valence electrons. The first kappa shape index (κ1) is 21.6. The SMILES string of the molecule is Cc1cc(-c2ccc(S(=O)(=O)N(C)c3ccc(NC(=O)Nc4ccccc4)cc3)s2)no1. The quantitative estimate of drug-likeness (QED) is 0.406. The second kappa shape index (κ2) is 8.85. The van der Waals surface area contributed by atoms with Gasteiger partial charge in [0.1, 0.15) is 15.7 Å². The van der Waals surface area contributed by atoms with Crippen LogP contribution < -0.4 is 14.9 Å². The first-order chi connectivity index (χ1) is 15.3. The predicted molar refractivity (Wildman–Crippen MR) is 126 cm³/mol. The Morgan fingerprint density at radius 1 is 0.969 bits per heavy atom. The van der Waals surface area contributed by atoms with Gasteiger partial charge in [-0.15, -0.1) is 11.3 Å². The Labute approximate surface area is 189 Å². The molecule has 0 fully saturated rings. The summed E-state index contributed by atoms with van der Waals surface area (Å²) >= 11 is 1.12. The summed E-state index contributed by atoms with van der Waals surface area (Å²) in [5.41, 5.74) is 2.27. The molecule has 2 amide bonds. The monoisotopic (exact) mass is 468 g/mol. The summed E-state index contributed by atoms with van der Waals surface area (Å²) in [5, 5.41) is 9.37. The van der Waals surface area contributed by atoms with Crippen LogP contribution in [0.2, 0.25) is 0 Å². The number of aryl methyl sites for hydroxylation is 1. The highest BCUT2D eigenvalue weighted by Crippen LogP contribution is 2.33. The molecule has 2 heterocycles. The van der Waals surface area contributed by atoms with Gasteiger partial charge in [0, 0.05) is 24.5 Å². The number of nitrogens with zero attached hydrogens (tertiary/aromatic N) is 2. The Bertz CT molecular complexity index is 1330. The van der Waals surface area contributed by atoms with Gasteiger partial charge in [-0.25, -0.2) is 13.2 Å². The van der Waals surface area contributed by atoms with Crippen LogP contribution in [0.15, 0.2) is 81.5 Å². The molecule has 0 saturated carbocycles. The maximum absolute atomic E-state index is 13.1. The summed E-state index contributed by atoms with van der Waals surface area (Å²) in [4.78, 5) is 12.8. The first-order valence-electron chi connectivity index (χ1n) is 9.58. The maximum atomic E-state index is 13.1. The van der Waals surface area contributed by atoms with E-state index >= 15 is 0 Å². The van der Waals surface area contributed by atoms with Crippen LogP contribution in [0.5, 0.6) is 0 Å². The summed E-state index contributed by atoms with van der Waals surface area (Å²) < 4.78 is 32.6. The van der Waals surface area contributed by atoms with Gasteiger partial charge in [0.2, 0.25) is 0 Å². The number of sulfonamides is 1.